The minimum absolute atomic E-state index is 0.197. The Labute approximate surface area is 128 Å². The number of aromatic nitrogens is 1. The third-order valence-corrected chi connectivity index (χ3v) is 3.59. The first-order valence-electron chi connectivity index (χ1n) is 7.38. The Kier molecular flexibility index (Phi) is 5.09. The second kappa shape index (κ2) is 7.02. The summed E-state index contributed by atoms with van der Waals surface area (Å²) < 4.78 is 14.7. The van der Waals surface area contributed by atoms with Crippen molar-refractivity contribution in [2.24, 2.45) is 5.73 Å². The third-order valence-electron chi connectivity index (χ3n) is 3.59. The number of unbranched alkanes of at least 4 members (excludes halogenated alkanes) is 2. The summed E-state index contributed by atoms with van der Waals surface area (Å²) in [6.45, 7) is 2.65. The van der Waals surface area contributed by atoms with Gasteiger partial charge in [0.15, 0.2) is 0 Å². The molecule has 1 heterocycles. The number of nitrogens with two attached hydrogens (primary N) is 1. The normalized spacial score (nSPS) is 10.6. The van der Waals surface area contributed by atoms with Crippen molar-refractivity contribution in [2.75, 3.05) is 0 Å². The number of benzene rings is 1. The van der Waals surface area contributed by atoms with Crippen LogP contribution >= 0.6 is 0 Å². The summed E-state index contributed by atoms with van der Waals surface area (Å²) in [6.07, 6.45) is 2.93. The van der Waals surface area contributed by atoms with Gasteiger partial charge in [0.1, 0.15) is 11.7 Å². The molecule has 2 rings (SSSR count). The molecular weight excluding hydrogens is 281 g/mol. The number of nitrogens with zero attached hydrogens (tertiary/aromatic N) is 1. The lowest BCUT2D eigenvalue weighted by atomic mass is 10.1. The molecule has 0 aliphatic carbocycles. The molecule has 0 saturated heterocycles. The summed E-state index contributed by atoms with van der Waals surface area (Å²) in [4.78, 5) is 12.5. The lowest BCUT2D eigenvalue weighted by Gasteiger charge is -2.14. The molecule has 116 valence electrons. The van der Waals surface area contributed by atoms with E-state index in [9.17, 15) is 9.18 Å². The zero-order chi connectivity index (χ0) is 16.1. The molecule has 0 aliphatic heterocycles. The van der Waals surface area contributed by atoms with Crippen LogP contribution in [0.15, 0.2) is 41.2 Å². The number of rotatable bonds is 6. The Hall–Kier alpha value is -2.43. The molecule has 0 amide bonds. The van der Waals surface area contributed by atoms with Crippen molar-refractivity contribution >= 4 is 5.84 Å². The summed E-state index contributed by atoms with van der Waals surface area (Å²) in [7, 11) is 0. The SMILES string of the molecule is CCCCCn1c(-c2ccc(F)cc2)ccc(C(=N)N)c1=O. The van der Waals surface area contributed by atoms with E-state index >= 15 is 0 Å². The summed E-state index contributed by atoms with van der Waals surface area (Å²) in [6, 6.07) is 9.35. The molecule has 22 heavy (non-hydrogen) atoms. The number of halogens is 1. The molecule has 0 radical (unpaired) electrons. The van der Waals surface area contributed by atoms with Gasteiger partial charge < -0.3 is 10.3 Å². The number of hydrogen-bond acceptors (Lipinski definition) is 2. The number of hydrogen-bond donors (Lipinski definition) is 2. The molecule has 1 aromatic heterocycles. The van der Waals surface area contributed by atoms with Gasteiger partial charge in [-0.1, -0.05) is 19.8 Å². The zero-order valence-electron chi connectivity index (χ0n) is 12.6. The maximum absolute atomic E-state index is 13.1. The van der Waals surface area contributed by atoms with Gasteiger partial charge in [-0.25, -0.2) is 4.39 Å². The zero-order valence-corrected chi connectivity index (χ0v) is 12.6. The molecule has 0 spiro atoms. The van der Waals surface area contributed by atoms with E-state index in [-0.39, 0.29) is 22.8 Å². The summed E-state index contributed by atoms with van der Waals surface area (Å²) in [5.74, 6) is -0.552. The average Bonchev–Trinajstić information content (AvgIpc) is 2.49. The molecule has 0 saturated carbocycles. The number of nitrogen functional groups attached to an aromatic ring is 1. The fraction of sp³-hybridized carbons (Fsp3) is 0.294. The van der Waals surface area contributed by atoms with Gasteiger partial charge in [-0.15, -0.1) is 0 Å². The van der Waals surface area contributed by atoms with Crippen LogP contribution in [0.25, 0.3) is 11.3 Å². The molecule has 1 aromatic carbocycles. The van der Waals surface area contributed by atoms with Crippen molar-refractivity contribution in [3.05, 3.63) is 58.1 Å². The molecule has 0 aliphatic rings. The van der Waals surface area contributed by atoms with Gasteiger partial charge in [0, 0.05) is 6.54 Å². The predicted molar refractivity (Wildman–Crippen MR) is 86.6 cm³/mol. The van der Waals surface area contributed by atoms with Crippen LogP contribution in [0.5, 0.6) is 0 Å². The topological polar surface area (TPSA) is 71.9 Å². The van der Waals surface area contributed by atoms with Crippen molar-refractivity contribution in [2.45, 2.75) is 32.7 Å². The maximum Gasteiger partial charge on any atom is 0.262 e. The molecule has 4 nitrogen and oxygen atoms in total. The van der Waals surface area contributed by atoms with Gasteiger partial charge in [0.05, 0.1) is 11.3 Å². The standard InChI is InChI=1S/C17H20FN3O/c1-2-3-4-11-21-15(12-5-7-13(18)8-6-12)10-9-14(16(19)20)17(21)22/h5-10H,2-4,11H2,1H3,(H3,19,20). The molecule has 0 atom stereocenters. The quantitative estimate of drug-likeness (QED) is 0.489. The Bertz CT molecular complexity index is 720. The van der Waals surface area contributed by atoms with Crippen LogP contribution in [0.2, 0.25) is 0 Å². The molecule has 0 bridgehead atoms. The second-order valence-corrected chi connectivity index (χ2v) is 5.22. The lowest BCUT2D eigenvalue weighted by molar-refractivity contribution is 0.591. The van der Waals surface area contributed by atoms with Crippen molar-refractivity contribution in [3.8, 4) is 11.3 Å². The summed E-state index contributed by atoms with van der Waals surface area (Å²) >= 11 is 0. The Morgan fingerprint density at radius 2 is 1.86 bits per heavy atom. The highest BCUT2D eigenvalue weighted by Gasteiger charge is 2.12. The van der Waals surface area contributed by atoms with Crippen molar-refractivity contribution < 1.29 is 4.39 Å². The maximum atomic E-state index is 13.1. The number of amidine groups is 1. The molecule has 5 heteroatoms. The molecule has 0 unspecified atom stereocenters. The predicted octanol–water partition coefficient (Wildman–Crippen LogP) is 3.13. The highest BCUT2D eigenvalue weighted by atomic mass is 19.1. The minimum Gasteiger partial charge on any atom is -0.384 e. The monoisotopic (exact) mass is 301 g/mol. The van der Waals surface area contributed by atoms with Crippen LogP contribution < -0.4 is 11.3 Å². The van der Waals surface area contributed by atoms with E-state index in [1.165, 1.54) is 12.1 Å². The van der Waals surface area contributed by atoms with Crippen molar-refractivity contribution in [1.29, 1.82) is 5.41 Å². The van der Waals surface area contributed by atoms with Crippen LogP contribution in [0.1, 0.15) is 31.7 Å². The van der Waals surface area contributed by atoms with Crippen LogP contribution in [-0.2, 0) is 6.54 Å². The Morgan fingerprint density at radius 1 is 1.18 bits per heavy atom. The fourth-order valence-electron chi connectivity index (χ4n) is 2.40. The third kappa shape index (κ3) is 3.42. The first-order chi connectivity index (χ1) is 10.5. The van der Waals surface area contributed by atoms with Crippen molar-refractivity contribution in [1.82, 2.24) is 4.57 Å². The van der Waals surface area contributed by atoms with Gasteiger partial charge in [-0.05, 0) is 48.4 Å². The number of pyridine rings is 1. The van der Waals surface area contributed by atoms with E-state index in [1.54, 1.807) is 28.8 Å². The largest absolute Gasteiger partial charge is 0.384 e. The minimum atomic E-state index is -0.316. The Morgan fingerprint density at radius 3 is 2.45 bits per heavy atom. The lowest BCUT2D eigenvalue weighted by Crippen LogP contribution is -2.30. The van der Waals surface area contributed by atoms with E-state index < -0.39 is 0 Å². The highest BCUT2D eigenvalue weighted by Crippen LogP contribution is 2.19. The second-order valence-electron chi connectivity index (χ2n) is 5.22. The van der Waals surface area contributed by atoms with Gasteiger partial charge in [0.25, 0.3) is 5.56 Å². The van der Waals surface area contributed by atoms with Crippen LogP contribution in [0.4, 0.5) is 4.39 Å². The molecule has 2 aromatic rings. The van der Waals surface area contributed by atoms with E-state index in [0.29, 0.717) is 12.2 Å². The number of nitrogens with one attached hydrogen (secondary N) is 1. The van der Waals surface area contributed by atoms with E-state index in [0.717, 1.165) is 24.8 Å². The molecule has 0 fully saturated rings. The van der Waals surface area contributed by atoms with E-state index in [1.807, 2.05) is 0 Å². The van der Waals surface area contributed by atoms with E-state index in [4.69, 9.17) is 11.1 Å². The smallest absolute Gasteiger partial charge is 0.262 e. The highest BCUT2D eigenvalue weighted by molar-refractivity contribution is 5.94. The van der Waals surface area contributed by atoms with Gasteiger partial charge in [-0.2, -0.15) is 0 Å². The van der Waals surface area contributed by atoms with Gasteiger partial charge in [0.2, 0.25) is 0 Å². The fourth-order valence-corrected chi connectivity index (χ4v) is 2.40. The van der Waals surface area contributed by atoms with Crippen LogP contribution in [0, 0.1) is 11.2 Å². The average molecular weight is 301 g/mol. The Balaban J connectivity index is 2.52. The summed E-state index contributed by atoms with van der Waals surface area (Å²) in [5.41, 5.74) is 6.87. The molecule has 3 N–H and O–H groups in total. The van der Waals surface area contributed by atoms with Gasteiger partial charge >= 0.3 is 0 Å². The summed E-state index contributed by atoms with van der Waals surface area (Å²) in [5, 5.41) is 7.50. The van der Waals surface area contributed by atoms with E-state index in [2.05, 4.69) is 6.92 Å². The first-order valence-corrected chi connectivity index (χ1v) is 7.38. The van der Waals surface area contributed by atoms with Crippen molar-refractivity contribution in [3.63, 3.8) is 0 Å². The first kappa shape index (κ1) is 15.9. The van der Waals surface area contributed by atoms with Gasteiger partial charge in [-0.3, -0.25) is 10.2 Å². The van der Waals surface area contributed by atoms with Crippen LogP contribution in [-0.4, -0.2) is 10.4 Å². The molecular formula is C17H20FN3O. The van der Waals surface area contributed by atoms with Crippen LogP contribution in [0.3, 0.4) is 0 Å².